The molecule has 0 spiro atoms. The molecule has 5 heteroatoms. The predicted octanol–water partition coefficient (Wildman–Crippen LogP) is 4.00. The zero-order valence-corrected chi connectivity index (χ0v) is 9.72. The fraction of sp³-hybridized carbons (Fsp3) is 0.417. The van der Waals surface area contributed by atoms with Crippen LogP contribution in [-0.4, -0.2) is 9.78 Å². The van der Waals surface area contributed by atoms with E-state index < -0.39 is 11.9 Å². The summed E-state index contributed by atoms with van der Waals surface area (Å²) in [5.74, 6) is -1.33. The number of aromatic nitrogens is 2. The maximum Gasteiger partial charge on any atom is 0.301 e. The van der Waals surface area contributed by atoms with Crippen LogP contribution in [0, 0.1) is 6.92 Å². The molecule has 0 aliphatic rings. The fourth-order valence-corrected chi connectivity index (χ4v) is 1.45. The third kappa shape index (κ3) is 4.89. The maximum atomic E-state index is 12.5. The smallest absolute Gasteiger partial charge is 0.268 e. The monoisotopic (exact) mass is 244 g/mol. The van der Waals surface area contributed by atoms with Gasteiger partial charge < -0.3 is 0 Å². The summed E-state index contributed by atoms with van der Waals surface area (Å²) < 4.78 is 37.8. The third-order valence-electron chi connectivity index (χ3n) is 2.28. The molecule has 0 radical (unpaired) electrons. The van der Waals surface area contributed by atoms with Gasteiger partial charge in [-0.15, -0.1) is 0 Å². The van der Waals surface area contributed by atoms with E-state index >= 15 is 0 Å². The fourth-order valence-electron chi connectivity index (χ4n) is 1.45. The van der Waals surface area contributed by atoms with Crippen LogP contribution >= 0.6 is 0 Å². The van der Waals surface area contributed by atoms with Crippen molar-refractivity contribution in [3.8, 4) is 0 Å². The predicted molar refractivity (Wildman–Crippen MR) is 60.3 cm³/mol. The van der Waals surface area contributed by atoms with Crippen molar-refractivity contribution in [3.05, 3.63) is 42.0 Å². The lowest BCUT2D eigenvalue weighted by Crippen LogP contribution is -2.00. The minimum atomic E-state index is -2.22. The Bertz CT molecular complexity index is 417. The van der Waals surface area contributed by atoms with Crippen LogP contribution < -0.4 is 0 Å². The first-order valence-corrected chi connectivity index (χ1v) is 5.34. The number of rotatable bonds is 6. The van der Waals surface area contributed by atoms with Gasteiger partial charge in [0.15, 0.2) is 5.83 Å². The van der Waals surface area contributed by atoms with E-state index in [2.05, 4.69) is 11.7 Å². The van der Waals surface area contributed by atoms with Gasteiger partial charge in [-0.25, -0.2) is 4.39 Å². The van der Waals surface area contributed by atoms with Gasteiger partial charge in [-0.3, -0.25) is 4.68 Å². The molecule has 0 aliphatic carbocycles. The first-order chi connectivity index (χ1) is 7.99. The molecule has 1 aromatic rings. The van der Waals surface area contributed by atoms with Gasteiger partial charge in [-0.1, -0.05) is 12.2 Å². The van der Waals surface area contributed by atoms with E-state index in [0.717, 1.165) is 11.1 Å². The van der Waals surface area contributed by atoms with Gasteiger partial charge in [-0.05, 0) is 25.3 Å². The largest absolute Gasteiger partial charge is 0.301 e. The van der Waals surface area contributed by atoms with Crippen LogP contribution in [0.15, 0.2) is 36.5 Å². The van der Waals surface area contributed by atoms with Gasteiger partial charge in [0.2, 0.25) is 0 Å². The van der Waals surface area contributed by atoms with Gasteiger partial charge in [0.25, 0.3) is 0 Å². The molecule has 94 valence electrons. The summed E-state index contributed by atoms with van der Waals surface area (Å²) in [7, 11) is 0. The Kier molecular flexibility index (Phi) is 5.00. The molecule has 0 saturated carbocycles. The Balaban J connectivity index is 2.29. The molecule has 0 saturated heterocycles. The number of hydrogen-bond donors (Lipinski definition) is 0. The Morgan fingerprint density at radius 2 is 2.06 bits per heavy atom. The van der Waals surface area contributed by atoms with Crippen LogP contribution in [0.1, 0.15) is 24.8 Å². The van der Waals surface area contributed by atoms with Crippen molar-refractivity contribution in [3.63, 3.8) is 0 Å². The SMILES string of the molecule is C=C(CCCC(F)=C(F)F)Cn1cc(C)cn1. The summed E-state index contributed by atoms with van der Waals surface area (Å²) >= 11 is 0. The highest BCUT2D eigenvalue weighted by atomic mass is 19.3. The van der Waals surface area contributed by atoms with Gasteiger partial charge in [-0.2, -0.15) is 13.9 Å². The van der Waals surface area contributed by atoms with Crippen LogP contribution in [0.3, 0.4) is 0 Å². The molecular weight excluding hydrogens is 229 g/mol. The maximum absolute atomic E-state index is 12.5. The lowest BCUT2D eigenvalue weighted by molar-refractivity contribution is 0.368. The van der Waals surface area contributed by atoms with E-state index in [-0.39, 0.29) is 6.42 Å². The van der Waals surface area contributed by atoms with Crippen molar-refractivity contribution in [1.82, 2.24) is 9.78 Å². The lowest BCUT2D eigenvalue weighted by atomic mass is 10.1. The molecule has 0 aromatic carbocycles. The zero-order chi connectivity index (χ0) is 12.8. The summed E-state index contributed by atoms with van der Waals surface area (Å²) in [4.78, 5) is 0. The van der Waals surface area contributed by atoms with E-state index in [1.54, 1.807) is 10.9 Å². The standard InChI is InChI=1S/C12H15F3N2/c1-9(4-3-5-11(13)12(14)15)7-17-8-10(2)6-16-17/h6,8H,1,3-5,7H2,2H3. The van der Waals surface area contributed by atoms with Crippen LogP contribution in [0.2, 0.25) is 0 Å². The molecule has 1 rings (SSSR count). The molecule has 17 heavy (non-hydrogen) atoms. The molecule has 2 nitrogen and oxygen atoms in total. The van der Waals surface area contributed by atoms with Gasteiger partial charge in [0, 0.05) is 12.6 Å². The van der Waals surface area contributed by atoms with Crippen LogP contribution in [0.5, 0.6) is 0 Å². The Labute approximate surface area is 98.4 Å². The highest BCUT2D eigenvalue weighted by molar-refractivity contribution is 5.03. The lowest BCUT2D eigenvalue weighted by Gasteiger charge is -2.05. The van der Waals surface area contributed by atoms with Crippen LogP contribution in [0.25, 0.3) is 0 Å². The van der Waals surface area contributed by atoms with E-state index in [4.69, 9.17) is 0 Å². The molecule has 0 N–H and O–H groups in total. The number of allylic oxidation sites excluding steroid dienone is 2. The highest BCUT2D eigenvalue weighted by Gasteiger charge is 2.05. The van der Waals surface area contributed by atoms with E-state index in [1.165, 1.54) is 0 Å². The van der Waals surface area contributed by atoms with Crippen molar-refractivity contribution >= 4 is 0 Å². The van der Waals surface area contributed by atoms with Crippen LogP contribution in [-0.2, 0) is 6.54 Å². The van der Waals surface area contributed by atoms with E-state index in [1.807, 2.05) is 13.1 Å². The average molecular weight is 244 g/mol. The van der Waals surface area contributed by atoms with Crippen LogP contribution in [0.4, 0.5) is 13.2 Å². The van der Waals surface area contributed by atoms with Gasteiger partial charge in [0.05, 0.1) is 12.7 Å². The van der Waals surface area contributed by atoms with Gasteiger partial charge >= 0.3 is 6.08 Å². The molecule has 0 aliphatic heterocycles. The highest BCUT2D eigenvalue weighted by Crippen LogP contribution is 2.18. The summed E-state index contributed by atoms with van der Waals surface area (Å²) in [5.41, 5.74) is 1.89. The minimum Gasteiger partial charge on any atom is -0.268 e. The second-order valence-electron chi connectivity index (χ2n) is 3.98. The summed E-state index contributed by atoms with van der Waals surface area (Å²) in [6, 6.07) is 0. The zero-order valence-electron chi connectivity index (χ0n) is 9.72. The molecule has 0 unspecified atom stereocenters. The Morgan fingerprint density at radius 1 is 1.35 bits per heavy atom. The topological polar surface area (TPSA) is 17.8 Å². The summed E-state index contributed by atoms with van der Waals surface area (Å²) in [5, 5.41) is 4.08. The van der Waals surface area contributed by atoms with Crippen molar-refractivity contribution < 1.29 is 13.2 Å². The second-order valence-corrected chi connectivity index (χ2v) is 3.98. The van der Waals surface area contributed by atoms with Crippen molar-refractivity contribution in [1.29, 1.82) is 0 Å². The molecule has 1 aromatic heterocycles. The quantitative estimate of drug-likeness (QED) is 0.692. The molecule has 1 heterocycles. The first-order valence-electron chi connectivity index (χ1n) is 5.34. The van der Waals surface area contributed by atoms with Crippen molar-refractivity contribution in [2.24, 2.45) is 0 Å². The molecular formula is C12H15F3N2. The Hall–Kier alpha value is -1.52. The normalized spacial score (nSPS) is 10.4. The minimum absolute atomic E-state index is 0.237. The van der Waals surface area contributed by atoms with E-state index in [0.29, 0.717) is 19.4 Å². The number of halogens is 3. The number of aryl methyl sites for hydroxylation is 1. The molecule has 0 fully saturated rings. The number of nitrogens with zero attached hydrogens (tertiary/aromatic N) is 2. The van der Waals surface area contributed by atoms with Crippen molar-refractivity contribution in [2.45, 2.75) is 32.7 Å². The molecule has 0 amide bonds. The Morgan fingerprint density at radius 3 is 2.59 bits per heavy atom. The van der Waals surface area contributed by atoms with Gasteiger partial charge in [0.1, 0.15) is 0 Å². The number of hydrogen-bond acceptors (Lipinski definition) is 1. The third-order valence-corrected chi connectivity index (χ3v) is 2.28. The van der Waals surface area contributed by atoms with E-state index in [9.17, 15) is 13.2 Å². The first kappa shape index (κ1) is 13.5. The summed E-state index contributed by atoms with van der Waals surface area (Å²) in [6.07, 6.45) is 1.99. The van der Waals surface area contributed by atoms with Crippen molar-refractivity contribution in [2.75, 3.05) is 0 Å². The summed E-state index contributed by atoms with van der Waals surface area (Å²) in [6.45, 7) is 6.28. The second kappa shape index (κ2) is 6.27. The average Bonchev–Trinajstić information content (AvgIpc) is 2.63. The molecule has 0 bridgehead atoms. The molecule has 0 atom stereocenters.